The lowest BCUT2D eigenvalue weighted by atomic mass is 10.0. The molecule has 466 valence electrons. The number of allylic oxidation sites excluding steroid dienone is 12. The highest BCUT2D eigenvalue weighted by molar-refractivity contribution is 7.47. The van der Waals surface area contributed by atoms with E-state index in [-0.39, 0.29) is 32.0 Å². The molecule has 0 saturated carbocycles. The van der Waals surface area contributed by atoms with Gasteiger partial charge in [-0.2, -0.15) is 0 Å². The summed E-state index contributed by atoms with van der Waals surface area (Å²) in [6, 6.07) is 0. The molecule has 0 radical (unpaired) electrons. The maximum Gasteiger partial charge on any atom is 0.472 e. The maximum absolute atomic E-state index is 12.8. The summed E-state index contributed by atoms with van der Waals surface area (Å²) >= 11 is 0. The quantitative estimate of drug-likeness (QED) is 0.0211. The number of rotatable bonds is 62. The van der Waals surface area contributed by atoms with Crippen molar-refractivity contribution >= 4 is 19.8 Å². The number of hydrogen-bond donors (Lipinski definition) is 1. The fraction of sp³-hybridized carbons (Fsp3) is 0.800. The number of carbonyl (C=O) groups excluding carboxylic acids is 2. The monoisotopic (exact) mass is 1140 g/mol. The SMILES string of the molecule is CC/C=C\C/C=C\C/C=C\CCCCCCCC(=O)OCC(COP(=O)(O)OCC[N+](C)(C)C)OC(=O)CCCCCCCCCCCCCCCCCCCCCCCCCCCC/C=C\C/C=C\C/C=C\CCCCCCC. The Morgan fingerprint density at radius 3 is 1.06 bits per heavy atom. The molecule has 0 bridgehead atoms. The lowest BCUT2D eigenvalue weighted by molar-refractivity contribution is -0.870. The Morgan fingerprint density at radius 2 is 0.713 bits per heavy atom. The highest BCUT2D eigenvalue weighted by atomic mass is 31.2. The van der Waals surface area contributed by atoms with Crippen LogP contribution in [0.15, 0.2) is 72.9 Å². The number of phosphoric ester groups is 1. The van der Waals surface area contributed by atoms with E-state index < -0.39 is 26.5 Å². The lowest BCUT2D eigenvalue weighted by Crippen LogP contribution is -2.37. The second-order valence-corrected chi connectivity index (χ2v) is 25.3. The molecule has 80 heavy (non-hydrogen) atoms. The topological polar surface area (TPSA) is 108 Å². The third kappa shape index (κ3) is 64.6. The van der Waals surface area contributed by atoms with Crippen LogP contribution in [0.1, 0.15) is 309 Å². The maximum atomic E-state index is 12.8. The molecule has 0 aromatic carbocycles. The molecule has 9 nitrogen and oxygen atoms in total. The Kier molecular flexibility index (Phi) is 59.1. The van der Waals surface area contributed by atoms with Gasteiger partial charge in [-0.05, 0) is 83.5 Å². The Labute approximate surface area is 495 Å². The van der Waals surface area contributed by atoms with Crippen molar-refractivity contribution < 1.29 is 42.1 Å². The number of ether oxygens (including phenoxy) is 2. The molecular formula is C70H129NO8P+. The van der Waals surface area contributed by atoms with E-state index in [4.69, 9.17) is 18.5 Å². The van der Waals surface area contributed by atoms with Gasteiger partial charge in [0, 0.05) is 12.8 Å². The molecule has 0 aliphatic rings. The molecule has 0 fully saturated rings. The summed E-state index contributed by atoms with van der Waals surface area (Å²) in [5.41, 5.74) is 0. The van der Waals surface area contributed by atoms with Crippen molar-refractivity contribution in [3.8, 4) is 0 Å². The first-order chi connectivity index (χ1) is 39.0. The van der Waals surface area contributed by atoms with Crippen LogP contribution in [0.2, 0.25) is 0 Å². The average Bonchev–Trinajstić information content (AvgIpc) is 3.42. The summed E-state index contributed by atoms with van der Waals surface area (Å²) in [5, 5.41) is 0. The van der Waals surface area contributed by atoms with Gasteiger partial charge < -0.3 is 18.9 Å². The molecule has 0 aromatic rings. The van der Waals surface area contributed by atoms with Crippen molar-refractivity contribution in [1.29, 1.82) is 0 Å². The van der Waals surface area contributed by atoms with Crippen LogP contribution in [-0.4, -0.2) is 74.9 Å². The van der Waals surface area contributed by atoms with Gasteiger partial charge >= 0.3 is 19.8 Å². The summed E-state index contributed by atoms with van der Waals surface area (Å²) in [5.74, 6) is -0.808. The second kappa shape index (κ2) is 61.0. The second-order valence-electron chi connectivity index (χ2n) is 23.8. The highest BCUT2D eigenvalue weighted by Gasteiger charge is 2.27. The van der Waals surface area contributed by atoms with Gasteiger partial charge in [-0.25, -0.2) is 4.57 Å². The first kappa shape index (κ1) is 77.5. The smallest absolute Gasteiger partial charge is 0.462 e. The van der Waals surface area contributed by atoms with E-state index in [2.05, 4.69) is 86.8 Å². The molecule has 0 rings (SSSR count). The Bertz CT molecular complexity index is 1580. The molecule has 0 aliphatic heterocycles. The molecular weight excluding hydrogens is 1010 g/mol. The predicted molar refractivity (Wildman–Crippen MR) is 344 cm³/mol. The van der Waals surface area contributed by atoms with E-state index >= 15 is 0 Å². The number of quaternary nitrogens is 1. The highest BCUT2D eigenvalue weighted by Crippen LogP contribution is 2.43. The largest absolute Gasteiger partial charge is 0.472 e. The van der Waals surface area contributed by atoms with E-state index in [1.54, 1.807) is 0 Å². The normalized spacial score (nSPS) is 13.6. The fourth-order valence-corrected chi connectivity index (χ4v) is 10.3. The zero-order valence-electron chi connectivity index (χ0n) is 53.1. The number of phosphoric acid groups is 1. The van der Waals surface area contributed by atoms with Gasteiger partial charge in [0.25, 0.3) is 0 Å². The van der Waals surface area contributed by atoms with Crippen molar-refractivity contribution in [2.45, 2.75) is 315 Å². The Balaban J connectivity index is 3.88. The molecule has 0 heterocycles. The molecule has 0 aromatic heterocycles. The van der Waals surface area contributed by atoms with Crippen molar-refractivity contribution in [3.63, 3.8) is 0 Å². The zero-order valence-corrected chi connectivity index (χ0v) is 54.0. The van der Waals surface area contributed by atoms with E-state index in [0.29, 0.717) is 17.4 Å². The van der Waals surface area contributed by atoms with Crippen LogP contribution in [0.5, 0.6) is 0 Å². The third-order valence-electron chi connectivity index (χ3n) is 14.7. The summed E-state index contributed by atoms with van der Waals surface area (Å²) in [6.45, 7) is 4.31. The number of unbranched alkanes of at least 4 members (excludes halogenated alkanes) is 36. The van der Waals surface area contributed by atoms with E-state index in [0.717, 1.165) is 83.5 Å². The summed E-state index contributed by atoms with van der Waals surface area (Å²) in [6.07, 6.45) is 81.7. The van der Waals surface area contributed by atoms with Gasteiger partial charge in [-0.1, -0.05) is 286 Å². The van der Waals surface area contributed by atoms with Crippen LogP contribution in [0, 0.1) is 0 Å². The molecule has 0 amide bonds. The van der Waals surface area contributed by atoms with Crippen LogP contribution in [-0.2, 0) is 32.7 Å². The molecule has 0 aliphatic carbocycles. The number of hydrogen-bond acceptors (Lipinski definition) is 7. The first-order valence-electron chi connectivity index (χ1n) is 33.7. The predicted octanol–water partition coefficient (Wildman–Crippen LogP) is 21.6. The lowest BCUT2D eigenvalue weighted by Gasteiger charge is -2.24. The molecule has 2 atom stereocenters. The third-order valence-corrected chi connectivity index (χ3v) is 15.7. The average molecular weight is 1140 g/mol. The van der Waals surface area contributed by atoms with Crippen molar-refractivity contribution in [3.05, 3.63) is 72.9 Å². The van der Waals surface area contributed by atoms with E-state index in [1.165, 1.54) is 193 Å². The summed E-state index contributed by atoms with van der Waals surface area (Å²) in [4.78, 5) is 35.7. The minimum Gasteiger partial charge on any atom is -0.462 e. The van der Waals surface area contributed by atoms with Crippen molar-refractivity contribution in [2.75, 3.05) is 47.5 Å². The molecule has 10 heteroatoms. The number of esters is 2. The molecule has 1 N–H and O–H groups in total. The van der Waals surface area contributed by atoms with Crippen LogP contribution in [0.25, 0.3) is 0 Å². The zero-order chi connectivity index (χ0) is 58.4. The minimum absolute atomic E-state index is 0.0282. The summed E-state index contributed by atoms with van der Waals surface area (Å²) in [7, 11) is 1.47. The van der Waals surface area contributed by atoms with Gasteiger partial charge in [0.15, 0.2) is 6.10 Å². The standard InChI is InChI=1S/C70H128NO8P/c1-6-8-10-12-14-16-18-20-22-23-24-25-26-27-28-29-30-31-32-33-34-35-36-37-38-39-40-41-42-43-44-45-46-47-49-51-53-55-57-59-61-63-70(73)79-68(67-78-80(74,75)77-65-64-71(3,4)5)66-76-69(72)62-60-58-56-54-52-50-48-21-19-17-15-13-11-9-7-2/h9,11,15,17-18,20-21,23-24,26-27,48,68H,6-8,10,12-14,16,19,22,25,28-47,49-67H2,1-5H3/p+1/b11-9-,17-15-,20-18-,24-23-,27-26-,48-21-. The number of likely N-dealkylation sites (N-methyl/N-ethyl adjacent to an activating group) is 1. The van der Waals surface area contributed by atoms with Crippen LogP contribution < -0.4 is 0 Å². The van der Waals surface area contributed by atoms with Gasteiger partial charge in [0.1, 0.15) is 19.8 Å². The molecule has 2 unspecified atom stereocenters. The first-order valence-corrected chi connectivity index (χ1v) is 35.2. The van der Waals surface area contributed by atoms with Gasteiger partial charge in [0.2, 0.25) is 0 Å². The van der Waals surface area contributed by atoms with Crippen molar-refractivity contribution in [2.24, 2.45) is 0 Å². The van der Waals surface area contributed by atoms with E-state index in [1.807, 2.05) is 21.1 Å². The van der Waals surface area contributed by atoms with Gasteiger partial charge in [0.05, 0.1) is 27.7 Å². The van der Waals surface area contributed by atoms with E-state index in [9.17, 15) is 19.0 Å². The Morgan fingerprint density at radius 1 is 0.400 bits per heavy atom. The number of carbonyl (C=O) groups is 2. The van der Waals surface area contributed by atoms with Crippen LogP contribution in [0.4, 0.5) is 0 Å². The van der Waals surface area contributed by atoms with Gasteiger partial charge in [-0.3, -0.25) is 18.6 Å². The fourth-order valence-electron chi connectivity index (χ4n) is 9.57. The van der Waals surface area contributed by atoms with Gasteiger partial charge in [-0.15, -0.1) is 0 Å². The van der Waals surface area contributed by atoms with Crippen LogP contribution in [0.3, 0.4) is 0 Å². The molecule has 0 spiro atoms. The van der Waals surface area contributed by atoms with Crippen LogP contribution >= 0.6 is 7.82 Å². The summed E-state index contributed by atoms with van der Waals surface area (Å²) < 4.78 is 34.6. The molecule has 0 saturated heterocycles. The number of nitrogens with zero attached hydrogens (tertiary/aromatic N) is 1. The van der Waals surface area contributed by atoms with Crippen molar-refractivity contribution in [1.82, 2.24) is 0 Å². The Hall–Kier alpha value is -2.55. The minimum atomic E-state index is -4.39.